The topological polar surface area (TPSA) is 70.6 Å². The number of rotatable bonds is 5. The van der Waals surface area contributed by atoms with Crippen molar-refractivity contribution in [1.82, 2.24) is 14.9 Å². The Kier molecular flexibility index (Phi) is 6.98. The van der Waals surface area contributed by atoms with Crippen molar-refractivity contribution in [3.05, 3.63) is 52.1 Å². The first kappa shape index (κ1) is 22.6. The van der Waals surface area contributed by atoms with Crippen molar-refractivity contribution < 1.29 is 9.53 Å². The highest BCUT2D eigenvalue weighted by atomic mass is 35.5. The molecule has 1 N–H and O–H groups in total. The van der Waals surface area contributed by atoms with E-state index < -0.39 is 0 Å². The maximum Gasteiger partial charge on any atom is 0.262 e. The summed E-state index contributed by atoms with van der Waals surface area (Å²) in [5, 5.41) is 4.62. The Morgan fingerprint density at radius 2 is 1.94 bits per heavy atom. The molecule has 0 atom stereocenters. The monoisotopic (exact) mass is 473 g/mol. The number of carbonyl (C=O) groups excluding carboxylic acids is 1. The molecule has 0 spiro atoms. The van der Waals surface area contributed by atoms with E-state index in [0.29, 0.717) is 21.5 Å². The van der Waals surface area contributed by atoms with Crippen molar-refractivity contribution in [2.45, 2.75) is 13.3 Å². The summed E-state index contributed by atoms with van der Waals surface area (Å²) in [7, 11) is 2.14. The van der Waals surface area contributed by atoms with Crippen molar-refractivity contribution in [2.24, 2.45) is 0 Å². The predicted octanol–water partition coefficient (Wildman–Crippen LogP) is 4.40. The van der Waals surface area contributed by atoms with Gasteiger partial charge in [-0.25, -0.2) is 9.97 Å². The van der Waals surface area contributed by atoms with Crippen LogP contribution < -0.4 is 15.0 Å². The highest BCUT2D eigenvalue weighted by molar-refractivity contribution is 6.35. The van der Waals surface area contributed by atoms with Gasteiger partial charge >= 0.3 is 0 Å². The summed E-state index contributed by atoms with van der Waals surface area (Å²) in [5.74, 6) is 0.871. The van der Waals surface area contributed by atoms with Gasteiger partial charge in [-0.1, -0.05) is 23.2 Å². The van der Waals surface area contributed by atoms with Gasteiger partial charge in [0.15, 0.2) is 6.61 Å². The maximum absolute atomic E-state index is 12.4. The Hall–Kier alpha value is -2.61. The van der Waals surface area contributed by atoms with Gasteiger partial charge in [0.2, 0.25) is 5.95 Å². The fourth-order valence-electron chi connectivity index (χ4n) is 3.66. The van der Waals surface area contributed by atoms with Crippen molar-refractivity contribution in [2.75, 3.05) is 50.1 Å². The number of aromatic nitrogens is 2. The molecule has 1 amide bonds. The number of nitrogens with one attached hydrogen (secondary N) is 1. The lowest BCUT2D eigenvalue weighted by atomic mass is 10.1. The molecule has 1 aliphatic heterocycles. The number of halogens is 2. The molecule has 7 nitrogen and oxygen atoms in total. The summed E-state index contributed by atoms with van der Waals surface area (Å²) < 4.78 is 5.50. The molecule has 0 unspecified atom stereocenters. The Morgan fingerprint density at radius 3 is 2.75 bits per heavy atom. The lowest BCUT2D eigenvalue weighted by molar-refractivity contribution is -0.118. The molecule has 3 aromatic rings. The second-order valence-electron chi connectivity index (χ2n) is 7.90. The molecule has 1 aliphatic rings. The number of fused-ring (bicyclic) bond motifs is 1. The number of likely N-dealkylation sites (N-methyl/N-ethyl adjacent to an activating group) is 1. The molecule has 0 aliphatic carbocycles. The summed E-state index contributed by atoms with van der Waals surface area (Å²) in [5.41, 5.74) is 2.39. The van der Waals surface area contributed by atoms with Crippen LogP contribution in [0.15, 0.2) is 36.4 Å². The van der Waals surface area contributed by atoms with Crippen LogP contribution >= 0.6 is 23.2 Å². The van der Waals surface area contributed by atoms with Gasteiger partial charge in [-0.15, -0.1) is 0 Å². The van der Waals surface area contributed by atoms with Gasteiger partial charge in [-0.2, -0.15) is 0 Å². The SMILES string of the molecule is Cc1nc(N2CCCN(C)CC2)nc2ccc(NC(=O)COc3ccc(Cl)cc3Cl)cc12. The molecular formula is C23H25Cl2N5O2. The molecule has 1 aromatic heterocycles. The largest absolute Gasteiger partial charge is 0.482 e. The van der Waals surface area contributed by atoms with Gasteiger partial charge in [-0.3, -0.25) is 4.79 Å². The fourth-order valence-corrected chi connectivity index (χ4v) is 4.13. The van der Waals surface area contributed by atoms with Crippen molar-refractivity contribution in [3.8, 4) is 5.75 Å². The number of amides is 1. The van der Waals surface area contributed by atoms with Crippen molar-refractivity contribution >= 4 is 51.6 Å². The van der Waals surface area contributed by atoms with E-state index >= 15 is 0 Å². The van der Waals surface area contributed by atoms with Crippen LogP contribution in [0.2, 0.25) is 10.0 Å². The molecule has 0 radical (unpaired) electrons. The quantitative estimate of drug-likeness (QED) is 0.591. The van der Waals surface area contributed by atoms with E-state index in [4.69, 9.17) is 37.9 Å². The lowest BCUT2D eigenvalue weighted by Gasteiger charge is -2.21. The van der Waals surface area contributed by atoms with Gasteiger partial charge < -0.3 is 19.9 Å². The first-order valence-corrected chi connectivity index (χ1v) is 11.2. The zero-order valence-electron chi connectivity index (χ0n) is 18.1. The lowest BCUT2D eigenvalue weighted by Crippen LogP contribution is -2.30. The van der Waals surface area contributed by atoms with E-state index in [1.165, 1.54) is 0 Å². The molecule has 168 valence electrons. The minimum Gasteiger partial charge on any atom is -0.482 e. The maximum atomic E-state index is 12.4. The number of nitrogens with zero attached hydrogens (tertiary/aromatic N) is 4. The minimum absolute atomic E-state index is 0.169. The van der Waals surface area contributed by atoms with Crippen LogP contribution in [-0.4, -0.2) is 60.6 Å². The standard InChI is InChI=1S/C23H25Cl2N5O2/c1-15-18-13-17(27-22(31)14-32-21-7-4-16(24)12-19(21)25)5-6-20(18)28-23(26-15)30-9-3-8-29(2)10-11-30/h4-7,12-13H,3,8-11,14H2,1-2H3,(H,27,31). The van der Waals surface area contributed by atoms with Crippen LogP contribution in [0.4, 0.5) is 11.6 Å². The van der Waals surface area contributed by atoms with Gasteiger partial charge in [0.1, 0.15) is 5.75 Å². The third-order valence-corrected chi connectivity index (χ3v) is 5.94. The molecule has 4 rings (SSSR count). The van der Waals surface area contributed by atoms with Gasteiger partial charge in [0, 0.05) is 35.7 Å². The van der Waals surface area contributed by atoms with E-state index in [1.54, 1.807) is 18.2 Å². The van der Waals surface area contributed by atoms with E-state index in [2.05, 4.69) is 22.2 Å². The minimum atomic E-state index is -0.292. The normalized spacial score (nSPS) is 14.9. The summed E-state index contributed by atoms with van der Waals surface area (Å²) in [6, 6.07) is 10.5. The molecule has 0 saturated carbocycles. The van der Waals surface area contributed by atoms with Gasteiger partial charge in [0.05, 0.1) is 16.2 Å². The van der Waals surface area contributed by atoms with Crippen LogP contribution in [0, 0.1) is 6.92 Å². The highest BCUT2D eigenvalue weighted by Crippen LogP contribution is 2.28. The van der Waals surface area contributed by atoms with Crippen LogP contribution in [0.25, 0.3) is 10.9 Å². The number of ether oxygens (including phenoxy) is 1. The first-order chi connectivity index (χ1) is 15.4. The van der Waals surface area contributed by atoms with E-state index in [9.17, 15) is 4.79 Å². The van der Waals surface area contributed by atoms with Crippen LogP contribution in [-0.2, 0) is 4.79 Å². The summed E-state index contributed by atoms with van der Waals surface area (Å²) in [4.78, 5) is 26.4. The number of hydrogen-bond donors (Lipinski definition) is 1. The molecule has 32 heavy (non-hydrogen) atoms. The average Bonchev–Trinajstić information content (AvgIpc) is 2.98. The van der Waals surface area contributed by atoms with E-state index in [1.807, 2.05) is 25.1 Å². The molecule has 1 fully saturated rings. The molecule has 1 saturated heterocycles. The Labute approximate surface area is 197 Å². The van der Waals surface area contributed by atoms with Gasteiger partial charge in [0.25, 0.3) is 5.91 Å². The summed E-state index contributed by atoms with van der Waals surface area (Å²) in [6.07, 6.45) is 1.09. The van der Waals surface area contributed by atoms with E-state index in [0.717, 1.165) is 55.1 Å². The second kappa shape index (κ2) is 9.90. The number of carbonyl (C=O) groups is 1. The second-order valence-corrected chi connectivity index (χ2v) is 8.74. The summed E-state index contributed by atoms with van der Waals surface area (Å²) >= 11 is 12.0. The molecule has 0 bridgehead atoms. The molecule has 9 heteroatoms. The molecule has 2 heterocycles. The predicted molar refractivity (Wildman–Crippen MR) is 129 cm³/mol. The zero-order chi connectivity index (χ0) is 22.7. The molecular weight excluding hydrogens is 449 g/mol. The van der Waals surface area contributed by atoms with Crippen molar-refractivity contribution in [1.29, 1.82) is 0 Å². The van der Waals surface area contributed by atoms with Gasteiger partial charge in [-0.05, 0) is 63.3 Å². The van der Waals surface area contributed by atoms with Crippen molar-refractivity contribution in [3.63, 3.8) is 0 Å². The Morgan fingerprint density at radius 1 is 1.09 bits per heavy atom. The number of aryl methyl sites for hydroxylation is 1. The van der Waals surface area contributed by atoms with Crippen LogP contribution in [0.5, 0.6) is 5.75 Å². The fraction of sp³-hybridized carbons (Fsp3) is 0.348. The number of benzene rings is 2. The number of anilines is 2. The summed E-state index contributed by atoms with van der Waals surface area (Å²) in [6.45, 7) is 5.73. The average molecular weight is 474 g/mol. The smallest absolute Gasteiger partial charge is 0.262 e. The highest BCUT2D eigenvalue weighted by Gasteiger charge is 2.17. The Bertz CT molecular complexity index is 1140. The van der Waals surface area contributed by atoms with Crippen LogP contribution in [0.1, 0.15) is 12.1 Å². The van der Waals surface area contributed by atoms with E-state index in [-0.39, 0.29) is 12.5 Å². The van der Waals surface area contributed by atoms with Crippen LogP contribution in [0.3, 0.4) is 0 Å². The Balaban J connectivity index is 1.45. The first-order valence-electron chi connectivity index (χ1n) is 10.5. The third-order valence-electron chi connectivity index (χ3n) is 5.41. The zero-order valence-corrected chi connectivity index (χ0v) is 19.6. The molecule has 2 aromatic carbocycles. The third kappa shape index (κ3) is 5.41. The number of hydrogen-bond acceptors (Lipinski definition) is 6.